The van der Waals surface area contributed by atoms with Crippen molar-refractivity contribution in [2.45, 2.75) is 6.42 Å². The lowest BCUT2D eigenvalue weighted by molar-refractivity contribution is -0.385. The van der Waals surface area contributed by atoms with Gasteiger partial charge in [-0.05, 0) is 19.0 Å². The quantitative estimate of drug-likeness (QED) is 0.485. The number of nitro groups is 1. The van der Waals surface area contributed by atoms with E-state index in [2.05, 4.69) is 10.2 Å². The van der Waals surface area contributed by atoms with E-state index in [0.29, 0.717) is 6.54 Å². The maximum atomic E-state index is 12.0. The summed E-state index contributed by atoms with van der Waals surface area (Å²) in [5.74, 6) is -0.399. The largest absolute Gasteiger partial charge is 0.379 e. The number of nitrogens with zero attached hydrogens (tertiary/aromatic N) is 2. The van der Waals surface area contributed by atoms with Crippen molar-refractivity contribution in [3.8, 4) is 0 Å². The maximum Gasteiger partial charge on any atom is 0.282 e. The predicted octanol–water partition coefficient (Wildman–Crippen LogP) is 1.47. The third-order valence-corrected chi connectivity index (χ3v) is 3.39. The molecule has 0 atom stereocenters. The van der Waals surface area contributed by atoms with Crippen LogP contribution < -0.4 is 5.32 Å². The fourth-order valence-electron chi connectivity index (χ4n) is 2.25. The number of nitrogens with one attached hydrogen (secondary N) is 1. The second kappa shape index (κ2) is 9.34. The van der Waals surface area contributed by atoms with E-state index in [-0.39, 0.29) is 23.7 Å². The van der Waals surface area contributed by atoms with Crippen LogP contribution in [0.1, 0.15) is 16.8 Å². The molecular formula is C14H20ClN3O4. The summed E-state index contributed by atoms with van der Waals surface area (Å²) < 4.78 is 5.26. The average Bonchev–Trinajstić information content (AvgIpc) is 2.52. The van der Waals surface area contributed by atoms with Crippen molar-refractivity contribution in [2.75, 3.05) is 39.4 Å². The Bertz CT molecular complexity index is 507. The molecule has 0 saturated carbocycles. The molecule has 0 spiro atoms. The molecule has 1 N–H and O–H groups in total. The van der Waals surface area contributed by atoms with E-state index in [1.807, 2.05) is 0 Å². The first-order chi connectivity index (χ1) is 10.2. The number of rotatable bonds is 6. The molecule has 1 aliphatic heterocycles. The summed E-state index contributed by atoms with van der Waals surface area (Å²) in [5, 5.41) is 13.6. The van der Waals surface area contributed by atoms with Crippen molar-refractivity contribution >= 4 is 24.0 Å². The number of hydrogen-bond acceptors (Lipinski definition) is 5. The van der Waals surface area contributed by atoms with E-state index in [0.717, 1.165) is 39.3 Å². The Kier molecular flexibility index (Phi) is 7.79. The van der Waals surface area contributed by atoms with Crippen LogP contribution in [0.4, 0.5) is 5.69 Å². The number of ether oxygens (including phenoxy) is 1. The Labute approximate surface area is 135 Å². The molecule has 22 heavy (non-hydrogen) atoms. The molecule has 122 valence electrons. The number of para-hydroxylation sites is 1. The zero-order chi connectivity index (χ0) is 15.1. The fraction of sp³-hybridized carbons (Fsp3) is 0.500. The van der Waals surface area contributed by atoms with Gasteiger partial charge in [0.15, 0.2) is 0 Å². The van der Waals surface area contributed by atoms with Gasteiger partial charge in [-0.15, -0.1) is 12.4 Å². The second-order valence-corrected chi connectivity index (χ2v) is 4.84. The molecule has 0 radical (unpaired) electrons. The van der Waals surface area contributed by atoms with E-state index in [4.69, 9.17) is 4.74 Å². The molecule has 1 fully saturated rings. The number of hydrogen-bond donors (Lipinski definition) is 1. The van der Waals surface area contributed by atoms with Gasteiger partial charge in [0, 0.05) is 25.7 Å². The van der Waals surface area contributed by atoms with Gasteiger partial charge in [0.05, 0.1) is 18.1 Å². The van der Waals surface area contributed by atoms with E-state index in [9.17, 15) is 14.9 Å². The molecule has 2 rings (SSSR count). The van der Waals surface area contributed by atoms with E-state index < -0.39 is 10.8 Å². The lowest BCUT2D eigenvalue weighted by Gasteiger charge is -2.26. The Hall–Kier alpha value is -1.70. The molecule has 1 aromatic rings. The van der Waals surface area contributed by atoms with Crippen LogP contribution >= 0.6 is 12.4 Å². The average molecular weight is 330 g/mol. The summed E-state index contributed by atoms with van der Waals surface area (Å²) in [4.78, 5) is 24.6. The molecule has 1 aliphatic rings. The Morgan fingerprint density at radius 2 is 2.00 bits per heavy atom. The number of nitro benzene ring substituents is 1. The summed E-state index contributed by atoms with van der Waals surface area (Å²) in [6.07, 6.45) is 0.812. The maximum absolute atomic E-state index is 12.0. The predicted molar refractivity (Wildman–Crippen MR) is 84.6 cm³/mol. The third kappa shape index (κ3) is 5.25. The zero-order valence-corrected chi connectivity index (χ0v) is 13.0. The molecule has 0 bridgehead atoms. The van der Waals surface area contributed by atoms with Gasteiger partial charge in [0.25, 0.3) is 11.6 Å². The van der Waals surface area contributed by atoms with Crippen LogP contribution in [0.2, 0.25) is 0 Å². The lowest BCUT2D eigenvalue weighted by atomic mass is 10.1. The number of benzene rings is 1. The van der Waals surface area contributed by atoms with Gasteiger partial charge >= 0.3 is 0 Å². The van der Waals surface area contributed by atoms with Gasteiger partial charge in [-0.1, -0.05) is 12.1 Å². The van der Waals surface area contributed by atoms with Gasteiger partial charge < -0.3 is 10.1 Å². The number of carbonyl (C=O) groups is 1. The third-order valence-electron chi connectivity index (χ3n) is 3.39. The summed E-state index contributed by atoms with van der Waals surface area (Å²) in [6, 6.07) is 5.97. The lowest BCUT2D eigenvalue weighted by Crippen LogP contribution is -2.38. The zero-order valence-electron chi connectivity index (χ0n) is 12.2. The molecule has 1 amide bonds. The van der Waals surface area contributed by atoms with Crippen molar-refractivity contribution < 1.29 is 14.5 Å². The molecule has 1 heterocycles. The SMILES string of the molecule is Cl.O=C(NCCCN1CCOCC1)c1ccccc1[N+](=O)[O-]. The van der Waals surface area contributed by atoms with Crippen molar-refractivity contribution in [1.82, 2.24) is 10.2 Å². The van der Waals surface area contributed by atoms with Crippen molar-refractivity contribution in [1.29, 1.82) is 0 Å². The number of amides is 1. The molecule has 0 aliphatic carbocycles. The Morgan fingerprint density at radius 3 is 2.68 bits per heavy atom. The molecule has 0 unspecified atom stereocenters. The van der Waals surface area contributed by atoms with Crippen LogP contribution in [-0.4, -0.2) is 55.1 Å². The summed E-state index contributed by atoms with van der Waals surface area (Å²) >= 11 is 0. The molecule has 8 heteroatoms. The van der Waals surface area contributed by atoms with Crippen LogP contribution in [0, 0.1) is 10.1 Å². The first-order valence-electron chi connectivity index (χ1n) is 7.00. The van der Waals surface area contributed by atoms with Crippen LogP contribution in [0.5, 0.6) is 0 Å². The van der Waals surface area contributed by atoms with Gasteiger partial charge in [-0.3, -0.25) is 19.8 Å². The van der Waals surface area contributed by atoms with Crippen LogP contribution in [-0.2, 0) is 4.74 Å². The molecule has 0 aromatic heterocycles. The summed E-state index contributed by atoms with van der Waals surface area (Å²) in [5.41, 5.74) is -0.0583. The first kappa shape index (κ1) is 18.3. The van der Waals surface area contributed by atoms with Crippen molar-refractivity contribution in [2.24, 2.45) is 0 Å². The monoisotopic (exact) mass is 329 g/mol. The standard InChI is InChI=1S/C14H19N3O4.ClH/c18-14(12-4-1-2-5-13(12)17(19)20)15-6-3-7-16-8-10-21-11-9-16;/h1-2,4-5H,3,6-11H2,(H,15,18);1H. The van der Waals surface area contributed by atoms with Crippen LogP contribution in [0.25, 0.3) is 0 Å². The highest BCUT2D eigenvalue weighted by atomic mass is 35.5. The van der Waals surface area contributed by atoms with Crippen molar-refractivity contribution in [3.05, 3.63) is 39.9 Å². The van der Waals surface area contributed by atoms with Gasteiger partial charge in [-0.2, -0.15) is 0 Å². The van der Waals surface area contributed by atoms with E-state index >= 15 is 0 Å². The summed E-state index contributed by atoms with van der Waals surface area (Å²) in [7, 11) is 0. The van der Waals surface area contributed by atoms with Crippen LogP contribution in [0.3, 0.4) is 0 Å². The summed E-state index contributed by atoms with van der Waals surface area (Å²) in [6.45, 7) is 4.73. The van der Waals surface area contributed by atoms with Gasteiger partial charge in [0.1, 0.15) is 5.56 Å². The minimum atomic E-state index is -0.539. The Balaban J connectivity index is 0.00000242. The van der Waals surface area contributed by atoms with Crippen LogP contribution in [0.15, 0.2) is 24.3 Å². The molecule has 7 nitrogen and oxygen atoms in total. The van der Waals surface area contributed by atoms with E-state index in [1.54, 1.807) is 12.1 Å². The Morgan fingerprint density at radius 1 is 1.32 bits per heavy atom. The minimum Gasteiger partial charge on any atom is -0.379 e. The number of halogens is 1. The topological polar surface area (TPSA) is 84.7 Å². The number of carbonyl (C=O) groups excluding carboxylic acids is 1. The minimum absolute atomic E-state index is 0. The second-order valence-electron chi connectivity index (χ2n) is 4.84. The van der Waals surface area contributed by atoms with Crippen molar-refractivity contribution in [3.63, 3.8) is 0 Å². The number of morpholine rings is 1. The van der Waals surface area contributed by atoms with E-state index in [1.165, 1.54) is 12.1 Å². The normalized spacial score (nSPS) is 14.9. The molecular weight excluding hydrogens is 310 g/mol. The highest BCUT2D eigenvalue weighted by Crippen LogP contribution is 2.17. The highest BCUT2D eigenvalue weighted by Gasteiger charge is 2.18. The first-order valence-corrected chi connectivity index (χ1v) is 7.00. The smallest absolute Gasteiger partial charge is 0.282 e. The molecule has 1 saturated heterocycles. The van der Waals surface area contributed by atoms with Gasteiger partial charge in [-0.25, -0.2) is 0 Å². The molecule has 1 aromatic carbocycles. The fourth-order valence-corrected chi connectivity index (χ4v) is 2.25. The highest BCUT2D eigenvalue weighted by molar-refractivity contribution is 5.98. The van der Waals surface area contributed by atoms with Gasteiger partial charge in [0.2, 0.25) is 0 Å².